The predicted octanol–water partition coefficient (Wildman–Crippen LogP) is 1.87. The lowest BCUT2D eigenvalue weighted by Gasteiger charge is -2.19. The van der Waals surface area contributed by atoms with Gasteiger partial charge in [0.15, 0.2) is 0 Å². The van der Waals surface area contributed by atoms with Gasteiger partial charge in [0.05, 0.1) is 13.5 Å². The molecule has 0 aliphatic heterocycles. The van der Waals surface area contributed by atoms with Gasteiger partial charge in [0, 0.05) is 13.1 Å². The monoisotopic (exact) mass is 314 g/mol. The van der Waals surface area contributed by atoms with Crippen molar-refractivity contribution in [2.45, 2.75) is 13.3 Å². The first-order valence-corrected chi connectivity index (χ1v) is 6.36. The van der Waals surface area contributed by atoms with Gasteiger partial charge in [-0.3, -0.25) is 9.59 Å². The highest BCUT2D eigenvalue weighted by molar-refractivity contribution is 9.10. The van der Waals surface area contributed by atoms with E-state index in [1.165, 1.54) is 7.11 Å². The molecule has 0 N–H and O–H groups in total. The second kappa shape index (κ2) is 7.10. The molecule has 6 heteroatoms. The summed E-state index contributed by atoms with van der Waals surface area (Å²) >= 11 is 3.22. The molecule has 0 atom stereocenters. The summed E-state index contributed by atoms with van der Waals surface area (Å²) in [6.45, 7) is 2.70. The fourth-order valence-corrected chi connectivity index (χ4v) is 1.76. The highest BCUT2D eigenvalue weighted by Gasteiger charge is 2.16. The second-order valence-electron chi connectivity index (χ2n) is 3.56. The van der Waals surface area contributed by atoms with Gasteiger partial charge in [0.2, 0.25) is 0 Å². The number of pyridine rings is 1. The fourth-order valence-electron chi connectivity index (χ4n) is 1.42. The molecule has 0 radical (unpaired) electrons. The van der Waals surface area contributed by atoms with Crippen molar-refractivity contribution in [2.75, 3.05) is 20.2 Å². The van der Waals surface area contributed by atoms with Crippen molar-refractivity contribution in [2.24, 2.45) is 0 Å². The number of hydrogen-bond donors (Lipinski definition) is 0. The van der Waals surface area contributed by atoms with Crippen LogP contribution < -0.4 is 0 Å². The van der Waals surface area contributed by atoms with E-state index < -0.39 is 0 Å². The number of halogens is 1. The maximum atomic E-state index is 12.1. The molecule has 0 bridgehead atoms. The van der Waals surface area contributed by atoms with Crippen molar-refractivity contribution < 1.29 is 14.3 Å². The summed E-state index contributed by atoms with van der Waals surface area (Å²) in [6.07, 6.45) is 0.185. The van der Waals surface area contributed by atoms with Gasteiger partial charge in [-0.25, -0.2) is 4.98 Å². The Labute approximate surface area is 114 Å². The minimum absolute atomic E-state index is 0.185. The SMILES string of the molecule is CCN(CCC(=O)OC)C(=O)c1cccc(Br)n1. The van der Waals surface area contributed by atoms with Gasteiger partial charge >= 0.3 is 5.97 Å². The number of carbonyl (C=O) groups excluding carboxylic acids is 2. The molecule has 0 unspecified atom stereocenters. The Balaban J connectivity index is 2.70. The first-order chi connectivity index (χ1) is 8.58. The van der Waals surface area contributed by atoms with Gasteiger partial charge in [-0.1, -0.05) is 6.07 Å². The average Bonchev–Trinajstić information content (AvgIpc) is 2.38. The van der Waals surface area contributed by atoms with Crippen LogP contribution in [0.5, 0.6) is 0 Å². The van der Waals surface area contributed by atoms with Gasteiger partial charge in [-0.05, 0) is 35.0 Å². The number of ether oxygens (including phenoxy) is 1. The second-order valence-corrected chi connectivity index (χ2v) is 4.37. The first kappa shape index (κ1) is 14.6. The van der Waals surface area contributed by atoms with Crippen LogP contribution in [0.1, 0.15) is 23.8 Å². The molecule has 0 saturated carbocycles. The molecule has 1 rings (SSSR count). The van der Waals surface area contributed by atoms with Gasteiger partial charge in [0.25, 0.3) is 5.91 Å². The van der Waals surface area contributed by atoms with Crippen LogP contribution in [0.4, 0.5) is 0 Å². The van der Waals surface area contributed by atoms with Crippen molar-refractivity contribution in [1.82, 2.24) is 9.88 Å². The van der Waals surface area contributed by atoms with E-state index in [-0.39, 0.29) is 18.3 Å². The molecular weight excluding hydrogens is 300 g/mol. The number of esters is 1. The van der Waals surface area contributed by atoms with Crippen LogP contribution in [0.25, 0.3) is 0 Å². The number of rotatable bonds is 5. The van der Waals surface area contributed by atoms with Crippen LogP contribution in [0.2, 0.25) is 0 Å². The van der Waals surface area contributed by atoms with Crippen LogP contribution in [0, 0.1) is 0 Å². The Kier molecular flexibility index (Phi) is 5.77. The van der Waals surface area contributed by atoms with Crippen molar-refractivity contribution in [3.8, 4) is 0 Å². The summed E-state index contributed by atoms with van der Waals surface area (Å²) in [4.78, 5) is 28.8. The zero-order valence-corrected chi connectivity index (χ0v) is 11.9. The molecule has 1 heterocycles. The van der Waals surface area contributed by atoms with Gasteiger partial charge in [-0.2, -0.15) is 0 Å². The van der Waals surface area contributed by atoms with E-state index in [0.717, 1.165) is 0 Å². The molecule has 0 spiro atoms. The Morgan fingerprint density at radius 2 is 2.17 bits per heavy atom. The summed E-state index contributed by atoms with van der Waals surface area (Å²) in [5.74, 6) is -0.522. The Morgan fingerprint density at radius 3 is 2.72 bits per heavy atom. The lowest BCUT2D eigenvalue weighted by atomic mass is 10.3. The maximum absolute atomic E-state index is 12.1. The van der Waals surface area contributed by atoms with E-state index in [4.69, 9.17) is 0 Å². The lowest BCUT2D eigenvalue weighted by molar-refractivity contribution is -0.140. The molecule has 0 aliphatic rings. The van der Waals surface area contributed by atoms with Crippen molar-refractivity contribution in [1.29, 1.82) is 0 Å². The molecule has 1 aromatic rings. The van der Waals surface area contributed by atoms with E-state index in [9.17, 15) is 9.59 Å². The fraction of sp³-hybridized carbons (Fsp3) is 0.417. The van der Waals surface area contributed by atoms with Crippen molar-refractivity contribution in [3.05, 3.63) is 28.5 Å². The lowest BCUT2D eigenvalue weighted by Crippen LogP contribution is -2.33. The standard InChI is InChI=1S/C12H15BrN2O3/c1-3-15(8-7-11(16)18-2)12(17)9-5-4-6-10(13)14-9/h4-6H,3,7-8H2,1-2H3. The number of nitrogens with zero attached hydrogens (tertiary/aromatic N) is 2. The Morgan fingerprint density at radius 1 is 1.44 bits per heavy atom. The quantitative estimate of drug-likeness (QED) is 0.615. The van der Waals surface area contributed by atoms with Gasteiger partial charge in [-0.15, -0.1) is 0 Å². The summed E-state index contributed by atoms with van der Waals surface area (Å²) in [7, 11) is 1.33. The average molecular weight is 315 g/mol. The molecule has 18 heavy (non-hydrogen) atoms. The zero-order chi connectivity index (χ0) is 13.5. The maximum Gasteiger partial charge on any atom is 0.307 e. The minimum Gasteiger partial charge on any atom is -0.469 e. The molecule has 0 saturated heterocycles. The predicted molar refractivity (Wildman–Crippen MR) is 70.1 cm³/mol. The molecule has 5 nitrogen and oxygen atoms in total. The van der Waals surface area contributed by atoms with Crippen LogP contribution >= 0.6 is 15.9 Å². The topological polar surface area (TPSA) is 59.5 Å². The van der Waals surface area contributed by atoms with E-state index >= 15 is 0 Å². The zero-order valence-electron chi connectivity index (χ0n) is 10.4. The van der Waals surface area contributed by atoms with Crippen LogP contribution in [0.3, 0.4) is 0 Å². The minimum atomic E-state index is -0.330. The first-order valence-electron chi connectivity index (χ1n) is 5.57. The van der Waals surface area contributed by atoms with Crippen LogP contribution in [-0.2, 0) is 9.53 Å². The molecule has 98 valence electrons. The largest absolute Gasteiger partial charge is 0.469 e. The number of amides is 1. The molecule has 0 aliphatic carbocycles. The van der Waals surface area contributed by atoms with Crippen LogP contribution in [-0.4, -0.2) is 42.0 Å². The van der Waals surface area contributed by atoms with E-state index in [1.807, 2.05) is 6.92 Å². The Bertz CT molecular complexity index is 437. The third-order valence-electron chi connectivity index (χ3n) is 2.42. The highest BCUT2D eigenvalue weighted by Crippen LogP contribution is 2.09. The summed E-state index contributed by atoms with van der Waals surface area (Å²) in [5, 5.41) is 0. The third-order valence-corrected chi connectivity index (χ3v) is 2.86. The van der Waals surface area contributed by atoms with Crippen molar-refractivity contribution in [3.63, 3.8) is 0 Å². The van der Waals surface area contributed by atoms with E-state index in [2.05, 4.69) is 25.7 Å². The third kappa shape index (κ3) is 4.10. The van der Waals surface area contributed by atoms with E-state index in [1.54, 1.807) is 23.1 Å². The molecule has 0 aromatic carbocycles. The molecule has 0 fully saturated rings. The Hall–Kier alpha value is -1.43. The number of carbonyl (C=O) groups is 2. The van der Waals surface area contributed by atoms with E-state index in [0.29, 0.717) is 23.4 Å². The summed E-state index contributed by atoms with van der Waals surface area (Å²) in [6, 6.07) is 5.15. The number of methoxy groups -OCH3 is 1. The van der Waals surface area contributed by atoms with Crippen LogP contribution in [0.15, 0.2) is 22.8 Å². The number of hydrogen-bond acceptors (Lipinski definition) is 4. The molecule has 1 aromatic heterocycles. The summed E-state index contributed by atoms with van der Waals surface area (Å²) in [5.41, 5.74) is 0.357. The molecular formula is C12H15BrN2O3. The molecule has 1 amide bonds. The number of aromatic nitrogens is 1. The summed E-state index contributed by atoms with van der Waals surface area (Å²) < 4.78 is 5.16. The smallest absolute Gasteiger partial charge is 0.307 e. The van der Waals surface area contributed by atoms with Crippen molar-refractivity contribution >= 4 is 27.8 Å². The normalized spacial score (nSPS) is 9.94. The van der Waals surface area contributed by atoms with Gasteiger partial charge in [0.1, 0.15) is 10.3 Å². The highest BCUT2D eigenvalue weighted by atomic mass is 79.9. The van der Waals surface area contributed by atoms with Gasteiger partial charge < -0.3 is 9.64 Å².